The van der Waals surface area contributed by atoms with E-state index in [1.807, 2.05) is 54.6 Å². The van der Waals surface area contributed by atoms with Crippen molar-refractivity contribution in [3.05, 3.63) is 94.6 Å². The van der Waals surface area contributed by atoms with Crippen molar-refractivity contribution in [3.63, 3.8) is 0 Å². The van der Waals surface area contributed by atoms with E-state index in [9.17, 15) is 9.47 Å². The lowest BCUT2D eigenvalue weighted by Crippen LogP contribution is -2.01. The van der Waals surface area contributed by atoms with Crippen molar-refractivity contribution in [1.29, 1.82) is 5.26 Å². The molecule has 160 valence electrons. The van der Waals surface area contributed by atoms with Crippen LogP contribution in [0.15, 0.2) is 72.9 Å². The maximum atomic E-state index is 10.9. The van der Waals surface area contributed by atoms with Crippen LogP contribution in [0.5, 0.6) is 0 Å². The molecule has 1 aromatic heterocycles. The number of fused-ring (bicyclic) bond motifs is 1. The number of benzene rings is 3. The molecule has 32 heavy (non-hydrogen) atoms. The third-order valence-electron chi connectivity index (χ3n) is 4.89. The summed E-state index contributed by atoms with van der Waals surface area (Å²) in [4.78, 5) is 4.40. The van der Waals surface area contributed by atoms with Gasteiger partial charge in [0.2, 0.25) is 0 Å². The Balaban J connectivity index is 1.60. The van der Waals surface area contributed by atoms with Crippen LogP contribution in [0.1, 0.15) is 16.7 Å². The van der Waals surface area contributed by atoms with Crippen molar-refractivity contribution in [2.75, 3.05) is 10.6 Å². The van der Waals surface area contributed by atoms with Crippen LogP contribution in [0.2, 0.25) is 5.02 Å². The smallest absolute Gasteiger partial charge is 0.157 e. The summed E-state index contributed by atoms with van der Waals surface area (Å²) in [6.07, 6.45) is 1.56. The van der Waals surface area contributed by atoms with Crippen molar-refractivity contribution < 1.29 is 8.76 Å². The molecule has 6 nitrogen and oxygen atoms in total. The molecule has 1 atom stereocenters. The van der Waals surface area contributed by atoms with Gasteiger partial charge in [-0.05, 0) is 47.5 Å². The second kappa shape index (κ2) is 9.79. The van der Waals surface area contributed by atoms with Crippen LogP contribution in [0.4, 0.5) is 17.1 Å². The van der Waals surface area contributed by atoms with Crippen molar-refractivity contribution in [1.82, 2.24) is 4.98 Å². The monoisotopic (exact) mass is 462 g/mol. The van der Waals surface area contributed by atoms with Crippen LogP contribution in [0, 0.1) is 11.3 Å². The molecule has 0 aliphatic heterocycles. The molecule has 1 heterocycles. The summed E-state index contributed by atoms with van der Waals surface area (Å²) < 4.78 is 19.9. The zero-order chi connectivity index (χ0) is 22.5. The summed E-state index contributed by atoms with van der Waals surface area (Å²) in [5.74, 6) is 0.120. The maximum Gasteiger partial charge on any atom is 0.157 e. The lowest BCUT2D eigenvalue weighted by molar-refractivity contribution is 0.563. The summed E-state index contributed by atoms with van der Waals surface area (Å²) in [7, 11) is 0. The van der Waals surface area contributed by atoms with E-state index in [2.05, 4.69) is 21.7 Å². The molecule has 0 spiro atoms. The number of hydrogen-bond donors (Lipinski definition) is 3. The number of pyridine rings is 1. The Morgan fingerprint density at radius 1 is 1.03 bits per heavy atom. The van der Waals surface area contributed by atoms with Crippen LogP contribution >= 0.6 is 11.6 Å². The maximum absolute atomic E-state index is 10.9. The molecule has 1 unspecified atom stereocenters. The Morgan fingerprint density at radius 3 is 2.53 bits per heavy atom. The summed E-state index contributed by atoms with van der Waals surface area (Å²) in [5, 5.41) is 17.7. The fourth-order valence-electron chi connectivity index (χ4n) is 3.33. The van der Waals surface area contributed by atoms with Crippen LogP contribution < -0.4 is 10.6 Å². The van der Waals surface area contributed by atoms with E-state index in [-0.39, 0.29) is 5.75 Å². The number of halogens is 1. The van der Waals surface area contributed by atoms with Gasteiger partial charge in [-0.3, -0.25) is 4.98 Å². The average Bonchev–Trinajstić information content (AvgIpc) is 2.78. The minimum absolute atomic E-state index is 0.120. The van der Waals surface area contributed by atoms with E-state index >= 15 is 0 Å². The Hall–Kier alpha value is -3.44. The van der Waals surface area contributed by atoms with E-state index in [0.717, 1.165) is 33.4 Å². The highest BCUT2D eigenvalue weighted by atomic mass is 35.5. The van der Waals surface area contributed by atoms with Gasteiger partial charge in [0, 0.05) is 34.5 Å². The molecule has 4 aromatic rings. The van der Waals surface area contributed by atoms with Gasteiger partial charge in [0.15, 0.2) is 11.1 Å². The molecular formula is C24H19ClN4O2S. The van der Waals surface area contributed by atoms with Gasteiger partial charge in [-0.1, -0.05) is 41.9 Å². The van der Waals surface area contributed by atoms with Gasteiger partial charge in [0.1, 0.15) is 6.07 Å². The third-order valence-corrected chi connectivity index (χ3v) is 5.71. The molecule has 8 heteroatoms. The first-order valence-electron chi connectivity index (χ1n) is 9.76. The number of anilines is 3. The fourth-order valence-corrected chi connectivity index (χ4v) is 4.00. The van der Waals surface area contributed by atoms with E-state index in [0.29, 0.717) is 22.8 Å². The van der Waals surface area contributed by atoms with Gasteiger partial charge < -0.3 is 15.2 Å². The number of rotatable bonds is 7. The molecule has 0 radical (unpaired) electrons. The largest absolute Gasteiger partial charge is 0.381 e. The molecule has 0 bridgehead atoms. The molecule has 0 aliphatic carbocycles. The first kappa shape index (κ1) is 21.8. The van der Waals surface area contributed by atoms with Crippen LogP contribution in [0.25, 0.3) is 10.9 Å². The lowest BCUT2D eigenvalue weighted by atomic mass is 10.1. The predicted octanol–water partition coefficient (Wildman–Crippen LogP) is 5.84. The minimum Gasteiger partial charge on any atom is -0.381 e. The van der Waals surface area contributed by atoms with Crippen LogP contribution in [-0.4, -0.2) is 13.7 Å². The minimum atomic E-state index is -1.85. The van der Waals surface area contributed by atoms with Gasteiger partial charge in [-0.25, -0.2) is 4.21 Å². The lowest BCUT2D eigenvalue weighted by Gasteiger charge is -2.14. The molecule has 0 aliphatic rings. The summed E-state index contributed by atoms with van der Waals surface area (Å²) in [6.45, 7) is 0.580. The molecular weight excluding hydrogens is 444 g/mol. The van der Waals surface area contributed by atoms with Crippen molar-refractivity contribution in [2.24, 2.45) is 0 Å². The second-order valence-corrected chi connectivity index (χ2v) is 8.53. The zero-order valence-electron chi connectivity index (χ0n) is 16.9. The van der Waals surface area contributed by atoms with Crippen molar-refractivity contribution in [3.8, 4) is 6.07 Å². The van der Waals surface area contributed by atoms with Crippen LogP contribution in [-0.2, 0) is 23.4 Å². The van der Waals surface area contributed by atoms with Gasteiger partial charge in [0.05, 0.1) is 22.5 Å². The van der Waals surface area contributed by atoms with Crippen LogP contribution in [0.3, 0.4) is 0 Å². The standard InChI is InChI=1S/C24H19ClN4O2S/c25-19-2-1-3-21(10-19)29-24-18(12-26)14-28-23-9-8-20(11-22(23)24)27-13-16-4-6-17(7-5-16)15-32(30)31/h1-11,14,27H,13,15H2,(H,28,29)(H,30,31). The Labute approximate surface area is 193 Å². The van der Waals surface area contributed by atoms with E-state index in [1.165, 1.54) is 0 Å². The molecule has 0 saturated carbocycles. The number of hydrogen-bond acceptors (Lipinski definition) is 5. The first-order chi connectivity index (χ1) is 15.5. The molecule has 4 rings (SSSR count). The highest BCUT2D eigenvalue weighted by Gasteiger charge is 2.11. The number of nitriles is 1. The highest BCUT2D eigenvalue weighted by molar-refractivity contribution is 7.78. The van der Waals surface area contributed by atoms with Crippen molar-refractivity contribution >= 4 is 50.6 Å². The molecule has 3 N–H and O–H groups in total. The van der Waals surface area contributed by atoms with E-state index in [4.69, 9.17) is 16.2 Å². The zero-order valence-corrected chi connectivity index (χ0v) is 18.5. The van der Waals surface area contributed by atoms with Gasteiger partial charge in [0.25, 0.3) is 0 Å². The molecule has 3 aromatic carbocycles. The summed E-state index contributed by atoms with van der Waals surface area (Å²) in [6, 6.07) is 22.9. The average molecular weight is 463 g/mol. The number of aromatic nitrogens is 1. The van der Waals surface area contributed by atoms with E-state index < -0.39 is 11.1 Å². The quantitative estimate of drug-likeness (QED) is 0.298. The number of nitrogens with zero attached hydrogens (tertiary/aromatic N) is 2. The second-order valence-electron chi connectivity index (χ2n) is 7.16. The Morgan fingerprint density at radius 2 is 1.81 bits per heavy atom. The predicted molar refractivity (Wildman–Crippen MR) is 129 cm³/mol. The normalized spacial score (nSPS) is 11.7. The fraction of sp³-hybridized carbons (Fsp3) is 0.0833. The van der Waals surface area contributed by atoms with Gasteiger partial charge in [-0.15, -0.1) is 0 Å². The van der Waals surface area contributed by atoms with E-state index in [1.54, 1.807) is 18.3 Å². The van der Waals surface area contributed by atoms with Gasteiger partial charge >= 0.3 is 0 Å². The SMILES string of the molecule is N#Cc1cnc2ccc(NCc3ccc(CS(=O)O)cc3)cc2c1Nc1cccc(Cl)c1. The highest BCUT2D eigenvalue weighted by Crippen LogP contribution is 2.31. The summed E-state index contributed by atoms with van der Waals surface area (Å²) >= 11 is 4.26. The number of nitrogens with one attached hydrogen (secondary N) is 2. The molecule has 0 saturated heterocycles. The summed E-state index contributed by atoms with van der Waals surface area (Å²) in [5.41, 5.74) is 5.38. The van der Waals surface area contributed by atoms with Crippen molar-refractivity contribution in [2.45, 2.75) is 12.3 Å². The third kappa shape index (κ3) is 5.24. The molecule has 0 fully saturated rings. The first-order valence-corrected chi connectivity index (χ1v) is 11.4. The Bertz CT molecular complexity index is 1340. The molecule has 0 amide bonds. The van der Waals surface area contributed by atoms with Gasteiger partial charge in [-0.2, -0.15) is 5.26 Å². The topological polar surface area (TPSA) is 98.0 Å². The Kier molecular flexibility index (Phi) is 6.66.